The average Bonchev–Trinajstić information content (AvgIpc) is 3.09. The molecule has 1 aromatic heterocycles. The van der Waals surface area contributed by atoms with E-state index < -0.39 is 18.0 Å². The number of ether oxygens (including phenoxy) is 1. The van der Waals surface area contributed by atoms with Crippen molar-refractivity contribution < 1.29 is 19.1 Å². The standard InChI is InChI=1S/C27H29ClN6O4/c28-18-9-10-20-22(16-18)30-24(29)17-23(20)32-12-14-33(15-13-32)26(36)31-21-8-4-5-11-34(25(21)35)27(37)38-19-6-2-1-3-7-19/h1-3,6-7,9-10,16-17,21H,4-5,8,11-15H2,(H2,29,30)(H,31,36)/t21-/m0/s1. The lowest BCUT2D eigenvalue weighted by atomic mass is 10.1. The highest BCUT2D eigenvalue weighted by atomic mass is 35.5. The number of anilines is 2. The maximum Gasteiger partial charge on any atom is 0.422 e. The van der Waals surface area contributed by atoms with Gasteiger partial charge < -0.3 is 25.6 Å². The summed E-state index contributed by atoms with van der Waals surface area (Å²) in [4.78, 5) is 48.3. The molecule has 0 spiro atoms. The zero-order valence-corrected chi connectivity index (χ0v) is 21.6. The minimum absolute atomic E-state index is 0.254. The van der Waals surface area contributed by atoms with Crippen LogP contribution in [0.4, 0.5) is 21.1 Å². The number of hydrogen-bond acceptors (Lipinski definition) is 7. The van der Waals surface area contributed by atoms with E-state index in [0.29, 0.717) is 62.0 Å². The van der Waals surface area contributed by atoms with Crippen LogP contribution in [0.5, 0.6) is 5.75 Å². The van der Waals surface area contributed by atoms with Crippen molar-refractivity contribution in [3.05, 3.63) is 59.6 Å². The summed E-state index contributed by atoms with van der Waals surface area (Å²) in [6.07, 6.45) is 1.08. The molecule has 11 heteroatoms. The van der Waals surface area contributed by atoms with Crippen LogP contribution in [0, 0.1) is 0 Å². The Balaban J connectivity index is 1.21. The molecular formula is C27H29ClN6O4. The molecule has 2 aromatic carbocycles. The predicted molar refractivity (Wildman–Crippen MR) is 145 cm³/mol. The number of carbonyl (C=O) groups excluding carboxylic acids is 3. The number of halogens is 1. The number of aromatic nitrogens is 1. The van der Waals surface area contributed by atoms with Crippen molar-refractivity contribution in [1.29, 1.82) is 0 Å². The summed E-state index contributed by atoms with van der Waals surface area (Å²) in [6, 6.07) is 14.8. The molecule has 10 nitrogen and oxygen atoms in total. The molecular weight excluding hydrogens is 508 g/mol. The second kappa shape index (κ2) is 11.1. The number of piperazine rings is 1. The van der Waals surface area contributed by atoms with Crippen molar-refractivity contribution in [2.45, 2.75) is 25.3 Å². The molecule has 0 saturated carbocycles. The molecule has 2 aliphatic heterocycles. The number of rotatable bonds is 3. The van der Waals surface area contributed by atoms with Gasteiger partial charge in [-0.3, -0.25) is 4.79 Å². The van der Waals surface area contributed by atoms with Gasteiger partial charge in [0.25, 0.3) is 5.91 Å². The van der Waals surface area contributed by atoms with Crippen LogP contribution in [0.15, 0.2) is 54.6 Å². The van der Waals surface area contributed by atoms with Gasteiger partial charge in [-0.2, -0.15) is 0 Å². The van der Waals surface area contributed by atoms with Gasteiger partial charge in [0.15, 0.2) is 0 Å². The van der Waals surface area contributed by atoms with E-state index in [1.54, 1.807) is 35.2 Å². The van der Waals surface area contributed by atoms with Gasteiger partial charge in [-0.15, -0.1) is 0 Å². The van der Waals surface area contributed by atoms with Gasteiger partial charge in [-0.1, -0.05) is 29.8 Å². The van der Waals surface area contributed by atoms with Crippen molar-refractivity contribution in [2.24, 2.45) is 0 Å². The second-order valence-corrected chi connectivity index (χ2v) is 9.81. The fourth-order valence-electron chi connectivity index (χ4n) is 4.86. The maximum atomic E-state index is 13.2. The Labute approximate surface area is 225 Å². The number of nitrogens with one attached hydrogen (secondary N) is 1. The molecule has 4 amide bonds. The normalized spacial score (nSPS) is 18.3. The van der Waals surface area contributed by atoms with Crippen LogP contribution in [0.1, 0.15) is 19.3 Å². The quantitative estimate of drug-likeness (QED) is 0.521. The Morgan fingerprint density at radius 3 is 2.53 bits per heavy atom. The van der Waals surface area contributed by atoms with Crippen LogP contribution >= 0.6 is 11.6 Å². The third-order valence-corrected chi connectivity index (χ3v) is 7.07. The fraction of sp³-hybridized carbons (Fsp3) is 0.333. The molecule has 2 aliphatic rings. The topological polar surface area (TPSA) is 121 Å². The fourth-order valence-corrected chi connectivity index (χ4v) is 5.02. The third-order valence-electron chi connectivity index (χ3n) is 6.83. The third kappa shape index (κ3) is 5.60. The first-order valence-corrected chi connectivity index (χ1v) is 13.0. The number of nitrogen functional groups attached to an aromatic ring is 1. The number of fused-ring (bicyclic) bond motifs is 1. The molecule has 2 fully saturated rings. The Morgan fingerprint density at radius 2 is 1.76 bits per heavy atom. The van der Waals surface area contributed by atoms with Crippen molar-refractivity contribution >= 4 is 52.0 Å². The zero-order chi connectivity index (χ0) is 26.6. The van der Waals surface area contributed by atoms with Crippen LogP contribution in [0.2, 0.25) is 5.02 Å². The largest absolute Gasteiger partial charge is 0.422 e. The molecule has 3 aromatic rings. The lowest BCUT2D eigenvalue weighted by molar-refractivity contribution is -0.130. The van der Waals surface area contributed by atoms with Gasteiger partial charge in [0, 0.05) is 54.9 Å². The van der Waals surface area contributed by atoms with Crippen molar-refractivity contribution in [3.8, 4) is 5.75 Å². The summed E-state index contributed by atoms with van der Waals surface area (Å²) < 4.78 is 5.37. The first-order valence-electron chi connectivity index (χ1n) is 12.6. The summed E-state index contributed by atoms with van der Waals surface area (Å²) in [5, 5.41) is 4.38. The molecule has 0 unspecified atom stereocenters. The highest BCUT2D eigenvalue weighted by Gasteiger charge is 2.34. The predicted octanol–water partition coefficient (Wildman–Crippen LogP) is 3.88. The van der Waals surface area contributed by atoms with Crippen molar-refractivity contribution in [1.82, 2.24) is 20.1 Å². The Kier molecular flexibility index (Phi) is 7.50. The highest BCUT2D eigenvalue weighted by molar-refractivity contribution is 6.31. The molecule has 0 radical (unpaired) electrons. The lowest BCUT2D eigenvalue weighted by Crippen LogP contribution is -2.56. The maximum absolute atomic E-state index is 13.2. The molecule has 2 saturated heterocycles. The van der Waals surface area contributed by atoms with Crippen LogP contribution < -0.4 is 20.7 Å². The smallest absolute Gasteiger partial charge is 0.410 e. The van der Waals surface area contributed by atoms with E-state index in [4.69, 9.17) is 22.1 Å². The van der Waals surface area contributed by atoms with E-state index in [2.05, 4.69) is 15.2 Å². The summed E-state index contributed by atoms with van der Waals surface area (Å²) in [7, 11) is 0. The van der Waals surface area contributed by atoms with E-state index in [1.807, 2.05) is 24.3 Å². The van der Waals surface area contributed by atoms with E-state index in [1.165, 1.54) is 0 Å². The number of urea groups is 1. The Bertz CT molecular complexity index is 1340. The summed E-state index contributed by atoms with van der Waals surface area (Å²) >= 11 is 6.13. The number of nitrogens with zero attached hydrogens (tertiary/aromatic N) is 4. The van der Waals surface area contributed by atoms with Crippen LogP contribution in [0.25, 0.3) is 10.9 Å². The van der Waals surface area contributed by atoms with E-state index in [0.717, 1.165) is 21.5 Å². The zero-order valence-electron chi connectivity index (χ0n) is 20.8. The van der Waals surface area contributed by atoms with Crippen molar-refractivity contribution in [2.75, 3.05) is 43.4 Å². The Morgan fingerprint density at radius 1 is 1.00 bits per heavy atom. The molecule has 198 valence electrons. The van der Waals surface area contributed by atoms with Gasteiger partial charge >= 0.3 is 12.1 Å². The molecule has 0 bridgehead atoms. The van der Waals surface area contributed by atoms with Gasteiger partial charge in [0.1, 0.15) is 17.6 Å². The summed E-state index contributed by atoms with van der Waals surface area (Å²) in [6.45, 7) is 2.35. The van der Waals surface area contributed by atoms with Crippen LogP contribution in [-0.2, 0) is 4.79 Å². The summed E-state index contributed by atoms with van der Waals surface area (Å²) in [5.41, 5.74) is 7.70. The molecule has 3 heterocycles. The van der Waals surface area contributed by atoms with Gasteiger partial charge in [-0.05, 0) is 49.6 Å². The molecule has 1 atom stereocenters. The van der Waals surface area contributed by atoms with Crippen LogP contribution in [-0.4, -0.2) is 71.6 Å². The number of carbonyl (C=O) groups is 3. The molecule has 3 N–H and O–H groups in total. The number of pyridine rings is 1. The first-order chi connectivity index (χ1) is 18.4. The summed E-state index contributed by atoms with van der Waals surface area (Å²) in [5.74, 6) is 0.310. The Hall–Kier alpha value is -4.05. The number of hydrogen-bond donors (Lipinski definition) is 2. The van der Waals surface area contributed by atoms with E-state index in [-0.39, 0.29) is 12.6 Å². The van der Waals surface area contributed by atoms with E-state index in [9.17, 15) is 14.4 Å². The van der Waals surface area contributed by atoms with Crippen LogP contribution in [0.3, 0.4) is 0 Å². The monoisotopic (exact) mass is 536 g/mol. The number of para-hydroxylation sites is 1. The van der Waals surface area contributed by atoms with Gasteiger partial charge in [0.2, 0.25) is 0 Å². The number of nitrogens with two attached hydrogens (primary N) is 1. The molecule has 5 rings (SSSR count). The minimum Gasteiger partial charge on any atom is -0.410 e. The number of likely N-dealkylation sites (tertiary alicyclic amines) is 1. The SMILES string of the molecule is Nc1cc(N2CCN(C(=O)N[C@H]3CCCCN(C(=O)Oc4ccccc4)C3=O)CC2)c2ccc(Cl)cc2n1. The van der Waals surface area contributed by atoms with Gasteiger partial charge in [-0.25, -0.2) is 19.5 Å². The van der Waals surface area contributed by atoms with Gasteiger partial charge in [0.05, 0.1) is 5.52 Å². The number of amides is 4. The lowest BCUT2D eigenvalue weighted by Gasteiger charge is -2.37. The molecule has 38 heavy (non-hydrogen) atoms. The number of benzene rings is 2. The first kappa shape index (κ1) is 25.6. The van der Waals surface area contributed by atoms with E-state index >= 15 is 0 Å². The average molecular weight is 537 g/mol. The molecule has 0 aliphatic carbocycles. The number of imide groups is 1. The minimum atomic E-state index is -0.792. The highest BCUT2D eigenvalue weighted by Crippen LogP contribution is 2.30. The van der Waals surface area contributed by atoms with Crippen molar-refractivity contribution in [3.63, 3.8) is 0 Å². The second-order valence-electron chi connectivity index (χ2n) is 9.37.